The maximum Gasteiger partial charge on any atom is 0.419 e. The molecule has 0 bridgehead atoms. The highest BCUT2D eigenvalue weighted by Gasteiger charge is 2.24. The first-order valence-corrected chi connectivity index (χ1v) is 24.1. The first-order chi connectivity index (χ1) is 34.1. The van der Waals surface area contributed by atoms with Crippen molar-refractivity contribution in [2.24, 2.45) is 5.92 Å². The van der Waals surface area contributed by atoms with Gasteiger partial charge in [0.25, 0.3) is 0 Å². The number of fused-ring (bicyclic) bond motifs is 4. The van der Waals surface area contributed by atoms with Crippen molar-refractivity contribution in [1.29, 1.82) is 0 Å². The fourth-order valence-electron chi connectivity index (χ4n) is 9.50. The second kappa shape index (κ2) is 19.0. The van der Waals surface area contributed by atoms with E-state index in [-0.39, 0.29) is 11.9 Å². The Hall–Kier alpha value is -7.76. The molecule has 2 fully saturated rings. The van der Waals surface area contributed by atoms with E-state index in [1.165, 1.54) is 46.0 Å². The molecule has 3 N–H and O–H groups in total. The van der Waals surface area contributed by atoms with Crippen LogP contribution in [-0.2, 0) is 29.1 Å². The number of aromatic nitrogens is 12. The molecule has 1 atom stereocenters. The van der Waals surface area contributed by atoms with Crippen LogP contribution in [-0.4, -0.2) is 90.6 Å². The second-order valence-electron chi connectivity index (χ2n) is 19.4. The smallest absolute Gasteiger partial charge is 0.419 e. The molecular weight excluding hydrogens is 883 g/mol. The summed E-state index contributed by atoms with van der Waals surface area (Å²) in [6.45, 7) is 9.27. The second-order valence-corrected chi connectivity index (χ2v) is 19.4. The van der Waals surface area contributed by atoms with E-state index in [2.05, 4.69) is 82.6 Å². The van der Waals surface area contributed by atoms with E-state index >= 15 is 0 Å². The van der Waals surface area contributed by atoms with Crippen LogP contribution in [0.25, 0.3) is 66.1 Å². The molecule has 1 saturated heterocycles. The summed E-state index contributed by atoms with van der Waals surface area (Å²) in [6, 6.07) is 28.3. The number of nitrogens with one attached hydrogen (secondary N) is 3. The minimum Gasteiger partial charge on any atom is -0.443 e. The van der Waals surface area contributed by atoms with Crippen LogP contribution in [0.3, 0.4) is 0 Å². The molecule has 0 spiro atoms. The van der Waals surface area contributed by atoms with E-state index in [1.807, 2.05) is 76.6 Å². The van der Waals surface area contributed by atoms with Crippen LogP contribution in [0, 0.1) is 5.92 Å². The van der Waals surface area contributed by atoms with E-state index in [1.54, 1.807) is 31.5 Å². The van der Waals surface area contributed by atoms with Crippen molar-refractivity contribution in [2.75, 3.05) is 13.2 Å². The van der Waals surface area contributed by atoms with Gasteiger partial charge in [-0.3, -0.25) is 9.89 Å². The highest BCUT2D eigenvalue weighted by atomic mass is 16.6. The number of nitrogens with zero attached hydrogens (tertiary/aromatic N) is 10. The molecule has 1 aliphatic carbocycles. The summed E-state index contributed by atoms with van der Waals surface area (Å²) in [4.78, 5) is 28.2. The van der Waals surface area contributed by atoms with E-state index in [0.717, 1.165) is 100 Å². The van der Waals surface area contributed by atoms with Crippen molar-refractivity contribution in [3.05, 3.63) is 132 Å². The third-order valence-corrected chi connectivity index (χ3v) is 13.2. The molecule has 10 aromatic rings. The molecule has 17 nitrogen and oxygen atoms in total. The van der Waals surface area contributed by atoms with Crippen molar-refractivity contribution < 1.29 is 19.1 Å². The Balaban J connectivity index is 0.000000156. The van der Waals surface area contributed by atoms with Crippen molar-refractivity contribution in [1.82, 2.24) is 64.8 Å². The van der Waals surface area contributed by atoms with E-state index < -0.39 is 11.7 Å². The predicted molar refractivity (Wildman–Crippen MR) is 267 cm³/mol. The highest BCUT2D eigenvalue weighted by molar-refractivity contribution is 5.98. The van der Waals surface area contributed by atoms with Crippen LogP contribution in [0.5, 0.6) is 0 Å². The number of ether oxygens (including phenoxy) is 2. The quantitative estimate of drug-likeness (QED) is 0.0988. The molecule has 1 unspecified atom stereocenters. The molecular formula is C53H55N13O4. The zero-order chi connectivity index (χ0) is 47.8. The lowest BCUT2D eigenvalue weighted by Crippen LogP contribution is -2.28. The molecule has 6 aromatic heterocycles. The monoisotopic (exact) mass is 937 g/mol. The maximum absolute atomic E-state index is 12.9. The van der Waals surface area contributed by atoms with Gasteiger partial charge in [0.15, 0.2) is 12.5 Å². The van der Waals surface area contributed by atoms with Gasteiger partial charge in [0, 0.05) is 51.6 Å². The number of aromatic amines is 2. The summed E-state index contributed by atoms with van der Waals surface area (Å²) in [5.74, 6) is 0.879. The van der Waals surface area contributed by atoms with Gasteiger partial charge >= 0.3 is 6.09 Å². The summed E-state index contributed by atoms with van der Waals surface area (Å²) in [5.41, 5.74) is 10.3. The molecule has 4 aromatic carbocycles. The summed E-state index contributed by atoms with van der Waals surface area (Å²) in [6.07, 6.45) is 14.9. The minimum atomic E-state index is -0.689. The summed E-state index contributed by atoms with van der Waals surface area (Å²) in [7, 11) is 0. The highest BCUT2D eigenvalue weighted by Crippen LogP contribution is 2.32. The van der Waals surface area contributed by atoms with Crippen molar-refractivity contribution in [3.63, 3.8) is 0 Å². The number of hydrogen-bond acceptors (Lipinski definition) is 11. The van der Waals surface area contributed by atoms with Gasteiger partial charge in [-0.2, -0.15) is 10.2 Å². The van der Waals surface area contributed by atoms with Crippen LogP contribution < -0.4 is 5.32 Å². The molecule has 17 heteroatoms. The molecule has 70 heavy (non-hydrogen) atoms. The number of benzene rings is 4. The van der Waals surface area contributed by atoms with Gasteiger partial charge in [-0.15, -0.1) is 10.2 Å². The predicted octanol–water partition coefficient (Wildman–Crippen LogP) is 9.83. The van der Waals surface area contributed by atoms with Gasteiger partial charge in [0.2, 0.25) is 0 Å². The van der Waals surface area contributed by atoms with Gasteiger partial charge in [0.1, 0.15) is 17.0 Å². The fraction of sp³-hybridized carbons (Fsp3) is 0.321. The lowest BCUT2D eigenvalue weighted by atomic mass is 9.85. The van der Waals surface area contributed by atoms with Crippen LogP contribution in [0.15, 0.2) is 110 Å². The molecule has 1 saturated carbocycles. The third-order valence-electron chi connectivity index (χ3n) is 13.2. The summed E-state index contributed by atoms with van der Waals surface area (Å²) < 4.78 is 18.4. The van der Waals surface area contributed by atoms with Gasteiger partial charge in [0.05, 0.1) is 60.1 Å². The van der Waals surface area contributed by atoms with E-state index in [9.17, 15) is 9.59 Å². The van der Waals surface area contributed by atoms with Gasteiger partial charge < -0.3 is 19.8 Å². The molecule has 12 rings (SSSR count). The SMILES string of the molecule is CC(C)(C)OC(=O)n1c(C=O)cc2ccc(Cn3cc(-c4cccc5c4cnn5C4CCCCO4)nn3)cc21.c1cc(-c2cn(Cc3ccc4cc(CNCC5CCC5)[nH]c4c3)nn2)c2cn[nH]c2c1. The Morgan fingerprint density at radius 2 is 1.54 bits per heavy atom. The van der Waals surface area contributed by atoms with Gasteiger partial charge in [-0.25, -0.2) is 23.4 Å². The number of carbonyl (C=O) groups excluding carboxylic acids is 2. The number of aldehydes is 1. The first kappa shape index (κ1) is 44.7. The molecule has 7 heterocycles. The zero-order valence-electron chi connectivity index (χ0n) is 39.5. The van der Waals surface area contributed by atoms with Gasteiger partial charge in [-0.1, -0.05) is 65.4 Å². The van der Waals surface area contributed by atoms with Crippen LogP contribution >= 0.6 is 0 Å². The van der Waals surface area contributed by atoms with Crippen LogP contribution in [0.4, 0.5) is 4.79 Å². The number of H-pyrrole nitrogens is 2. The van der Waals surface area contributed by atoms with Gasteiger partial charge in [-0.05, 0) is 118 Å². The Labute approximate surface area is 403 Å². The lowest BCUT2D eigenvalue weighted by Gasteiger charge is -2.25. The largest absolute Gasteiger partial charge is 0.443 e. The first-order valence-electron chi connectivity index (χ1n) is 24.1. The third kappa shape index (κ3) is 9.37. The standard InChI is InChI=1S/C29H30N6O4.C24H25N7/c1-29(2,3)39-28(37)34-21(18-36)14-20-11-10-19(13-26(20)34)16-33-17-24(31-32-33)22-7-6-8-25-23(22)15-30-35(25)27-9-4-5-12-38-27;1-3-16(4-1)11-25-12-19-10-18-8-7-17(9-23(18)27-19)14-31-15-24(29-30-31)20-5-2-6-22-21(20)13-26-28-22/h6-8,10-11,13-15,17-18,27H,4-5,9,12,16H2,1-3H3;2,5-10,13,15-16,25,27H,1,3-4,11-12,14H2,(H,26,28). The zero-order valence-corrected chi connectivity index (χ0v) is 39.5. The van der Waals surface area contributed by atoms with E-state index in [4.69, 9.17) is 9.47 Å². The topological polar surface area (TPSA) is 193 Å². The van der Waals surface area contributed by atoms with Crippen molar-refractivity contribution in [2.45, 2.75) is 90.8 Å². The molecule has 356 valence electrons. The van der Waals surface area contributed by atoms with Crippen LogP contribution in [0.1, 0.15) is 92.8 Å². The van der Waals surface area contributed by atoms with E-state index in [0.29, 0.717) is 24.9 Å². The number of hydrogen-bond donors (Lipinski definition) is 3. The van der Waals surface area contributed by atoms with Crippen molar-refractivity contribution >= 4 is 56.0 Å². The average molecular weight is 938 g/mol. The Morgan fingerprint density at radius 1 is 0.800 bits per heavy atom. The average Bonchev–Trinajstić information content (AvgIpc) is 4.21. The molecule has 0 radical (unpaired) electrons. The Kier molecular flexibility index (Phi) is 12.1. The normalized spacial score (nSPS) is 15.4. The fourth-order valence-corrected chi connectivity index (χ4v) is 9.50. The van der Waals surface area contributed by atoms with Crippen molar-refractivity contribution in [3.8, 4) is 22.5 Å². The summed E-state index contributed by atoms with van der Waals surface area (Å²) in [5, 5.41) is 37.0. The number of carbonyl (C=O) groups is 2. The maximum atomic E-state index is 12.9. The lowest BCUT2D eigenvalue weighted by molar-refractivity contribution is -0.0366. The Morgan fingerprint density at radius 3 is 2.26 bits per heavy atom. The summed E-state index contributed by atoms with van der Waals surface area (Å²) >= 11 is 0. The number of rotatable bonds is 12. The minimum absolute atomic E-state index is 0.0449. The molecule has 2 aliphatic rings. The molecule has 0 amide bonds. The Bertz CT molecular complexity index is 3480. The molecule has 1 aliphatic heterocycles. The van der Waals surface area contributed by atoms with Crippen LogP contribution in [0.2, 0.25) is 0 Å².